The van der Waals surface area contributed by atoms with Gasteiger partial charge in [-0.05, 0) is 18.6 Å². The summed E-state index contributed by atoms with van der Waals surface area (Å²) in [6, 6.07) is 5.26. The summed E-state index contributed by atoms with van der Waals surface area (Å²) in [7, 11) is 0. The molecule has 0 aliphatic heterocycles. The van der Waals surface area contributed by atoms with Crippen molar-refractivity contribution in [2.45, 2.75) is 13.3 Å². The fourth-order valence-corrected chi connectivity index (χ4v) is 2.20. The predicted molar refractivity (Wildman–Crippen MR) is 67.4 cm³/mol. The second-order valence-electron chi connectivity index (χ2n) is 3.22. The Bertz CT molecular complexity index is 478. The molecule has 0 saturated heterocycles. The van der Waals surface area contributed by atoms with E-state index in [0.29, 0.717) is 21.7 Å². The van der Waals surface area contributed by atoms with Crippen LogP contribution in [0.5, 0.6) is 10.9 Å². The summed E-state index contributed by atoms with van der Waals surface area (Å²) in [6.45, 7) is 2.04. The van der Waals surface area contributed by atoms with E-state index in [0.717, 1.165) is 12.1 Å². The first-order valence-electron chi connectivity index (χ1n) is 4.87. The monoisotopic (exact) mass is 254 g/mol. The van der Waals surface area contributed by atoms with Gasteiger partial charge >= 0.3 is 0 Å². The number of para-hydroxylation sites is 1. The molecule has 3 nitrogen and oxygen atoms in total. The summed E-state index contributed by atoms with van der Waals surface area (Å²) < 4.78 is 5.57. The zero-order chi connectivity index (χ0) is 11.5. The lowest BCUT2D eigenvalue weighted by molar-refractivity contribution is 0.480. The maximum absolute atomic E-state index is 5.99. The number of nitrogens with zero attached hydrogens (tertiary/aromatic N) is 1. The van der Waals surface area contributed by atoms with E-state index in [-0.39, 0.29) is 0 Å². The Balaban J connectivity index is 2.26. The first-order chi connectivity index (χ1) is 7.70. The van der Waals surface area contributed by atoms with E-state index in [9.17, 15) is 0 Å². The number of hydrogen-bond donors (Lipinski definition) is 1. The van der Waals surface area contributed by atoms with Crippen LogP contribution in [0.3, 0.4) is 0 Å². The minimum atomic E-state index is 0.473. The Morgan fingerprint density at radius 3 is 2.94 bits per heavy atom. The smallest absolute Gasteiger partial charge is 0.279 e. The molecule has 1 heterocycles. The van der Waals surface area contributed by atoms with Crippen molar-refractivity contribution >= 4 is 28.6 Å². The minimum absolute atomic E-state index is 0.473. The minimum Gasteiger partial charge on any atom is -0.427 e. The van der Waals surface area contributed by atoms with E-state index in [2.05, 4.69) is 4.98 Å². The molecule has 2 N–H and O–H groups in total. The van der Waals surface area contributed by atoms with Gasteiger partial charge in [-0.2, -0.15) is 0 Å². The molecule has 0 atom stereocenters. The lowest BCUT2D eigenvalue weighted by Gasteiger charge is -2.06. The molecule has 0 aliphatic rings. The lowest BCUT2D eigenvalue weighted by Crippen LogP contribution is -1.92. The van der Waals surface area contributed by atoms with Crippen LogP contribution in [0.1, 0.15) is 12.6 Å². The summed E-state index contributed by atoms with van der Waals surface area (Å²) in [5, 5.41) is 3.02. The molecule has 0 bridgehead atoms. The number of ether oxygens (including phenoxy) is 1. The van der Waals surface area contributed by atoms with E-state index < -0.39 is 0 Å². The summed E-state index contributed by atoms with van der Waals surface area (Å²) in [6.07, 6.45) is 0.887. The van der Waals surface area contributed by atoms with Gasteiger partial charge in [0.15, 0.2) is 5.75 Å². The van der Waals surface area contributed by atoms with E-state index in [1.165, 1.54) is 11.3 Å². The van der Waals surface area contributed by atoms with Crippen molar-refractivity contribution in [2.24, 2.45) is 0 Å². The maximum Gasteiger partial charge on any atom is 0.279 e. The first kappa shape index (κ1) is 11.2. The van der Waals surface area contributed by atoms with Crippen LogP contribution in [0.15, 0.2) is 23.6 Å². The third-order valence-electron chi connectivity index (χ3n) is 2.08. The SMILES string of the molecule is CCc1csc(Oc2c(N)cccc2Cl)n1. The molecule has 2 aromatic rings. The number of anilines is 1. The average Bonchev–Trinajstić information content (AvgIpc) is 2.71. The van der Waals surface area contributed by atoms with Crippen LogP contribution in [0, 0.1) is 0 Å². The number of rotatable bonds is 3. The van der Waals surface area contributed by atoms with Crippen LogP contribution in [0.25, 0.3) is 0 Å². The molecule has 0 saturated carbocycles. The molecule has 5 heteroatoms. The molecule has 1 aromatic heterocycles. The molecule has 84 valence electrons. The molecular formula is C11H11ClN2OS. The van der Waals surface area contributed by atoms with E-state index in [4.69, 9.17) is 22.1 Å². The molecule has 2 rings (SSSR count). The molecule has 0 radical (unpaired) electrons. The van der Waals surface area contributed by atoms with Crippen LogP contribution < -0.4 is 10.5 Å². The first-order valence-corrected chi connectivity index (χ1v) is 6.12. The summed E-state index contributed by atoms with van der Waals surface area (Å²) in [4.78, 5) is 4.29. The highest BCUT2D eigenvalue weighted by atomic mass is 35.5. The molecule has 0 fully saturated rings. The van der Waals surface area contributed by atoms with Gasteiger partial charge in [-0.1, -0.05) is 35.9 Å². The van der Waals surface area contributed by atoms with Gasteiger partial charge in [-0.15, -0.1) is 0 Å². The summed E-state index contributed by atoms with van der Waals surface area (Å²) >= 11 is 7.43. The van der Waals surface area contributed by atoms with E-state index >= 15 is 0 Å². The Morgan fingerprint density at radius 2 is 2.31 bits per heavy atom. The lowest BCUT2D eigenvalue weighted by atomic mass is 10.3. The Labute approximate surface area is 103 Å². The number of benzene rings is 1. The largest absolute Gasteiger partial charge is 0.427 e. The molecule has 0 unspecified atom stereocenters. The highest BCUT2D eigenvalue weighted by Gasteiger charge is 2.09. The molecule has 16 heavy (non-hydrogen) atoms. The zero-order valence-corrected chi connectivity index (χ0v) is 10.3. The molecular weight excluding hydrogens is 244 g/mol. The van der Waals surface area contributed by atoms with Crippen molar-refractivity contribution in [2.75, 3.05) is 5.73 Å². The second-order valence-corrected chi connectivity index (χ2v) is 4.45. The number of aryl methyl sites for hydroxylation is 1. The molecule has 0 amide bonds. The van der Waals surface area contributed by atoms with Gasteiger partial charge in [0.2, 0.25) is 0 Å². The van der Waals surface area contributed by atoms with Gasteiger partial charge in [0.1, 0.15) is 0 Å². The standard InChI is InChI=1S/C11H11ClN2OS/c1-2-7-6-16-11(14-7)15-10-8(12)4-3-5-9(10)13/h3-6H,2,13H2,1H3. The van der Waals surface area contributed by atoms with Gasteiger partial charge in [-0.25, -0.2) is 4.98 Å². The molecule has 0 aliphatic carbocycles. The highest BCUT2D eigenvalue weighted by molar-refractivity contribution is 7.11. The van der Waals surface area contributed by atoms with Crippen LogP contribution in [-0.4, -0.2) is 4.98 Å². The van der Waals surface area contributed by atoms with Crippen molar-refractivity contribution in [3.05, 3.63) is 34.3 Å². The van der Waals surface area contributed by atoms with Crippen LogP contribution in [0.4, 0.5) is 5.69 Å². The number of nitrogens with two attached hydrogens (primary N) is 1. The van der Waals surface area contributed by atoms with E-state index in [1.54, 1.807) is 18.2 Å². The Morgan fingerprint density at radius 1 is 1.50 bits per heavy atom. The Kier molecular flexibility index (Phi) is 3.31. The van der Waals surface area contributed by atoms with E-state index in [1.807, 2.05) is 12.3 Å². The van der Waals surface area contributed by atoms with Crippen LogP contribution in [-0.2, 0) is 6.42 Å². The van der Waals surface area contributed by atoms with Gasteiger partial charge in [0.05, 0.1) is 16.4 Å². The maximum atomic E-state index is 5.99. The van der Waals surface area contributed by atoms with Gasteiger partial charge in [-0.3, -0.25) is 0 Å². The van der Waals surface area contributed by atoms with Crippen LogP contribution >= 0.6 is 22.9 Å². The fourth-order valence-electron chi connectivity index (χ4n) is 1.22. The van der Waals surface area contributed by atoms with Gasteiger partial charge < -0.3 is 10.5 Å². The molecule has 1 aromatic carbocycles. The quantitative estimate of drug-likeness (QED) is 0.849. The Hall–Kier alpha value is -1.26. The third-order valence-corrected chi connectivity index (χ3v) is 3.14. The van der Waals surface area contributed by atoms with Crippen molar-refractivity contribution in [3.8, 4) is 10.9 Å². The number of aromatic nitrogens is 1. The fraction of sp³-hybridized carbons (Fsp3) is 0.182. The number of nitrogen functional groups attached to an aromatic ring is 1. The summed E-state index contributed by atoms with van der Waals surface area (Å²) in [5.74, 6) is 0.473. The molecule has 0 spiro atoms. The average molecular weight is 255 g/mol. The van der Waals surface area contributed by atoms with Gasteiger partial charge in [0.25, 0.3) is 5.19 Å². The van der Waals surface area contributed by atoms with Gasteiger partial charge in [0, 0.05) is 5.38 Å². The van der Waals surface area contributed by atoms with Crippen molar-refractivity contribution in [3.63, 3.8) is 0 Å². The normalized spacial score (nSPS) is 10.4. The third kappa shape index (κ3) is 2.28. The highest BCUT2D eigenvalue weighted by Crippen LogP contribution is 2.35. The number of thiazole rings is 1. The number of hydrogen-bond acceptors (Lipinski definition) is 4. The van der Waals surface area contributed by atoms with Crippen molar-refractivity contribution < 1.29 is 4.74 Å². The van der Waals surface area contributed by atoms with Crippen LogP contribution in [0.2, 0.25) is 5.02 Å². The zero-order valence-electron chi connectivity index (χ0n) is 8.74. The topological polar surface area (TPSA) is 48.1 Å². The predicted octanol–water partition coefficient (Wildman–Crippen LogP) is 3.73. The van der Waals surface area contributed by atoms with Crippen molar-refractivity contribution in [1.29, 1.82) is 0 Å². The van der Waals surface area contributed by atoms with Crippen molar-refractivity contribution in [1.82, 2.24) is 4.98 Å². The second kappa shape index (κ2) is 4.72. The summed E-state index contributed by atoms with van der Waals surface area (Å²) in [5.41, 5.74) is 7.30. The number of halogens is 1.